The molecule has 1 aromatic rings. The van der Waals surface area contributed by atoms with E-state index < -0.39 is 17.3 Å². The molecule has 0 aliphatic rings. The number of nitrogens with zero attached hydrogens (tertiary/aromatic N) is 1. The monoisotopic (exact) mass is 252 g/mol. The molecule has 0 saturated heterocycles. The lowest BCUT2D eigenvalue weighted by Crippen LogP contribution is -2.41. The predicted molar refractivity (Wildman–Crippen MR) is 64.1 cm³/mol. The summed E-state index contributed by atoms with van der Waals surface area (Å²) in [6, 6.07) is 3.39. The van der Waals surface area contributed by atoms with Crippen LogP contribution in [0, 0.1) is 5.41 Å². The Balaban J connectivity index is 2.65. The first kappa shape index (κ1) is 14.0. The summed E-state index contributed by atoms with van der Waals surface area (Å²) in [5.41, 5.74) is -0.659. The summed E-state index contributed by atoms with van der Waals surface area (Å²) in [6.07, 6.45) is 1.56. The molecule has 0 bridgehead atoms. The molecular weight excluding hydrogens is 236 g/mol. The third-order valence-corrected chi connectivity index (χ3v) is 2.56. The summed E-state index contributed by atoms with van der Waals surface area (Å²) in [4.78, 5) is 26.5. The number of aliphatic carboxylic acids is 1. The molecule has 98 valence electrons. The Hall–Kier alpha value is -2.11. The molecule has 18 heavy (non-hydrogen) atoms. The summed E-state index contributed by atoms with van der Waals surface area (Å²) in [6.45, 7) is 2.95. The quantitative estimate of drug-likeness (QED) is 0.757. The lowest BCUT2D eigenvalue weighted by atomic mass is 9.92. The van der Waals surface area contributed by atoms with E-state index in [4.69, 9.17) is 9.84 Å². The normalized spacial score (nSPS) is 10.8. The second-order valence-corrected chi connectivity index (χ2v) is 4.32. The van der Waals surface area contributed by atoms with Gasteiger partial charge in [-0.3, -0.25) is 9.59 Å². The van der Waals surface area contributed by atoms with Crippen LogP contribution >= 0.6 is 0 Å². The number of hydrogen-bond donors (Lipinski definition) is 2. The molecule has 0 unspecified atom stereocenters. The van der Waals surface area contributed by atoms with Gasteiger partial charge in [-0.2, -0.15) is 0 Å². The van der Waals surface area contributed by atoms with Gasteiger partial charge in [-0.15, -0.1) is 0 Å². The summed E-state index contributed by atoms with van der Waals surface area (Å²) in [5, 5.41) is 11.5. The number of pyridine rings is 1. The molecule has 6 heteroatoms. The smallest absolute Gasteiger partial charge is 0.318 e. The van der Waals surface area contributed by atoms with Crippen molar-refractivity contribution >= 4 is 11.9 Å². The van der Waals surface area contributed by atoms with Gasteiger partial charge in [0, 0.05) is 18.8 Å². The maximum Gasteiger partial charge on any atom is 0.318 e. The molecule has 0 saturated carbocycles. The van der Waals surface area contributed by atoms with E-state index in [9.17, 15) is 9.59 Å². The van der Waals surface area contributed by atoms with Crippen molar-refractivity contribution in [3.8, 4) is 5.88 Å². The first-order valence-corrected chi connectivity index (χ1v) is 5.38. The SMILES string of the molecule is COc1cc(CNC(=O)C(C)(C)C(=O)O)ccn1. The highest BCUT2D eigenvalue weighted by molar-refractivity contribution is 6.00. The van der Waals surface area contributed by atoms with Gasteiger partial charge < -0.3 is 15.2 Å². The second kappa shape index (κ2) is 5.48. The zero-order valence-electron chi connectivity index (χ0n) is 10.6. The molecule has 1 heterocycles. The molecule has 0 aromatic carbocycles. The van der Waals surface area contributed by atoms with E-state index in [1.54, 1.807) is 18.3 Å². The molecule has 1 aromatic heterocycles. The van der Waals surface area contributed by atoms with Crippen molar-refractivity contribution in [1.82, 2.24) is 10.3 Å². The van der Waals surface area contributed by atoms with Gasteiger partial charge in [-0.25, -0.2) is 4.98 Å². The minimum atomic E-state index is -1.45. The van der Waals surface area contributed by atoms with Crippen LogP contribution in [-0.2, 0) is 16.1 Å². The van der Waals surface area contributed by atoms with E-state index in [1.165, 1.54) is 21.0 Å². The van der Waals surface area contributed by atoms with Gasteiger partial charge in [0.05, 0.1) is 7.11 Å². The summed E-state index contributed by atoms with van der Waals surface area (Å²) < 4.78 is 4.95. The van der Waals surface area contributed by atoms with Crippen molar-refractivity contribution in [2.75, 3.05) is 7.11 Å². The van der Waals surface area contributed by atoms with Crippen molar-refractivity contribution < 1.29 is 19.4 Å². The number of amides is 1. The Morgan fingerprint density at radius 3 is 2.72 bits per heavy atom. The van der Waals surface area contributed by atoms with E-state index in [0.29, 0.717) is 5.88 Å². The van der Waals surface area contributed by atoms with E-state index >= 15 is 0 Å². The van der Waals surface area contributed by atoms with Gasteiger partial charge in [0.1, 0.15) is 5.41 Å². The number of carbonyl (C=O) groups excluding carboxylic acids is 1. The van der Waals surface area contributed by atoms with Crippen molar-refractivity contribution in [2.24, 2.45) is 5.41 Å². The van der Waals surface area contributed by atoms with Crippen LogP contribution in [0.2, 0.25) is 0 Å². The van der Waals surface area contributed by atoms with Crippen LogP contribution in [0.5, 0.6) is 5.88 Å². The summed E-state index contributed by atoms with van der Waals surface area (Å²) >= 11 is 0. The summed E-state index contributed by atoms with van der Waals surface area (Å²) in [7, 11) is 1.50. The molecule has 0 aliphatic heterocycles. The predicted octanol–water partition coefficient (Wildman–Crippen LogP) is 0.817. The molecule has 0 fully saturated rings. The highest BCUT2D eigenvalue weighted by Crippen LogP contribution is 2.15. The van der Waals surface area contributed by atoms with Gasteiger partial charge in [0.2, 0.25) is 11.8 Å². The van der Waals surface area contributed by atoms with Crippen LogP contribution in [-0.4, -0.2) is 29.1 Å². The van der Waals surface area contributed by atoms with Crippen LogP contribution in [0.15, 0.2) is 18.3 Å². The van der Waals surface area contributed by atoms with Gasteiger partial charge in [-0.05, 0) is 25.5 Å². The molecule has 0 spiro atoms. The lowest BCUT2D eigenvalue weighted by Gasteiger charge is -2.18. The second-order valence-electron chi connectivity index (χ2n) is 4.32. The number of methoxy groups -OCH3 is 1. The Labute approximate surface area is 105 Å². The van der Waals surface area contributed by atoms with Crippen molar-refractivity contribution in [3.63, 3.8) is 0 Å². The van der Waals surface area contributed by atoms with E-state index in [0.717, 1.165) is 5.56 Å². The van der Waals surface area contributed by atoms with Crippen LogP contribution in [0.3, 0.4) is 0 Å². The first-order valence-electron chi connectivity index (χ1n) is 5.38. The number of carboxylic acids is 1. The Morgan fingerprint density at radius 2 is 2.17 bits per heavy atom. The topological polar surface area (TPSA) is 88.5 Å². The molecule has 1 rings (SSSR count). The van der Waals surface area contributed by atoms with Crippen LogP contribution in [0.1, 0.15) is 19.4 Å². The minimum absolute atomic E-state index is 0.231. The van der Waals surface area contributed by atoms with E-state index in [1.807, 2.05) is 0 Å². The van der Waals surface area contributed by atoms with Crippen molar-refractivity contribution in [1.29, 1.82) is 0 Å². The highest BCUT2D eigenvalue weighted by atomic mass is 16.5. The number of carbonyl (C=O) groups is 2. The standard InChI is InChI=1S/C12H16N2O4/c1-12(2,11(16)17)10(15)14-7-8-4-5-13-9(6-8)18-3/h4-6H,7H2,1-3H3,(H,14,15)(H,16,17). The lowest BCUT2D eigenvalue weighted by molar-refractivity contribution is -0.153. The van der Waals surface area contributed by atoms with Crippen LogP contribution in [0.25, 0.3) is 0 Å². The fourth-order valence-electron chi connectivity index (χ4n) is 1.17. The van der Waals surface area contributed by atoms with Crippen LogP contribution < -0.4 is 10.1 Å². The molecule has 0 aliphatic carbocycles. The van der Waals surface area contributed by atoms with Crippen molar-refractivity contribution in [3.05, 3.63) is 23.9 Å². The average molecular weight is 252 g/mol. The number of rotatable bonds is 5. The Bertz CT molecular complexity index is 457. The van der Waals surface area contributed by atoms with Crippen LogP contribution in [0.4, 0.5) is 0 Å². The van der Waals surface area contributed by atoms with Gasteiger partial charge >= 0.3 is 5.97 Å². The molecular formula is C12H16N2O4. The zero-order chi connectivity index (χ0) is 13.8. The highest BCUT2D eigenvalue weighted by Gasteiger charge is 2.35. The number of hydrogen-bond acceptors (Lipinski definition) is 4. The molecule has 6 nitrogen and oxygen atoms in total. The Morgan fingerprint density at radius 1 is 1.50 bits per heavy atom. The van der Waals surface area contributed by atoms with Gasteiger partial charge in [-0.1, -0.05) is 0 Å². The number of ether oxygens (including phenoxy) is 1. The van der Waals surface area contributed by atoms with Crippen molar-refractivity contribution in [2.45, 2.75) is 20.4 Å². The zero-order valence-corrected chi connectivity index (χ0v) is 10.6. The van der Waals surface area contributed by atoms with E-state index in [-0.39, 0.29) is 6.54 Å². The van der Waals surface area contributed by atoms with E-state index in [2.05, 4.69) is 10.3 Å². The molecule has 2 N–H and O–H groups in total. The maximum absolute atomic E-state index is 11.7. The van der Waals surface area contributed by atoms with Gasteiger partial charge in [0.15, 0.2) is 0 Å². The van der Waals surface area contributed by atoms with Gasteiger partial charge in [0.25, 0.3) is 0 Å². The number of carboxylic acid groups (broad SMARTS) is 1. The number of aromatic nitrogens is 1. The average Bonchev–Trinajstić information content (AvgIpc) is 2.35. The first-order chi connectivity index (χ1) is 8.37. The molecule has 0 radical (unpaired) electrons. The third kappa shape index (κ3) is 3.19. The fourth-order valence-corrected chi connectivity index (χ4v) is 1.17. The maximum atomic E-state index is 11.7. The fraction of sp³-hybridized carbons (Fsp3) is 0.417. The largest absolute Gasteiger partial charge is 0.481 e. The number of nitrogens with one attached hydrogen (secondary N) is 1. The molecule has 0 atom stereocenters. The summed E-state index contributed by atoms with van der Waals surface area (Å²) in [5.74, 6) is -1.25. The Kier molecular flexibility index (Phi) is 4.25. The third-order valence-electron chi connectivity index (χ3n) is 2.56. The molecule has 1 amide bonds. The minimum Gasteiger partial charge on any atom is -0.481 e.